The first-order valence-corrected chi connectivity index (χ1v) is 6.77. The summed E-state index contributed by atoms with van der Waals surface area (Å²) < 4.78 is 0. The predicted octanol–water partition coefficient (Wildman–Crippen LogP) is 0.929. The van der Waals surface area contributed by atoms with Gasteiger partial charge in [-0.15, -0.1) is 0 Å². The van der Waals surface area contributed by atoms with Crippen LogP contribution in [-0.4, -0.2) is 59.6 Å². The van der Waals surface area contributed by atoms with E-state index >= 15 is 0 Å². The molecule has 0 aromatic rings. The number of hydrogen-bond donors (Lipinski definition) is 2. The average molecular weight is 254 g/mol. The molecule has 0 atom stereocenters. The molecule has 0 radical (unpaired) electrons. The van der Waals surface area contributed by atoms with Crippen LogP contribution in [0.25, 0.3) is 0 Å². The quantitative estimate of drug-likeness (QED) is 0.339. The van der Waals surface area contributed by atoms with Gasteiger partial charge in [-0.3, -0.25) is 9.80 Å². The SMILES string of the molecule is CN1CCN(CC2(CC(N)=NO)CC2)CC1(C)C. The topological polar surface area (TPSA) is 65.1 Å². The molecular formula is C13H26N4O. The molecular weight excluding hydrogens is 228 g/mol. The molecule has 18 heavy (non-hydrogen) atoms. The Bertz CT molecular complexity index is 336. The molecule has 2 aliphatic rings. The largest absolute Gasteiger partial charge is 0.409 e. The van der Waals surface area contributed by atoms with Crippen LogP contribution >= 0.6 is 0 Å². The average Bonchev–Trinajstić information content (AvgIpc) is 3.03. The summed E-state index contributed by atoms with van der Waals surface area (Å²) in [6.45, 7) is 9.01. The Morgan fingerprint density at radius 1 is 1.33 bits per heavy atom. The second-order valence-electron chi connectivity index (χ2n) is 6.71. The van der Waals surface area contributed by atoms with Crippen molar-refractivity contribution >= 4 is 5.84 Å². The van der Waals surface area contributed by atoms with Gasteiger partial charge < -0.3 is 10.9 Å². The van der Waals surface area contributed by atoms with E-state index in [1.165, 1.54) is 12.8 Å². The zero-order valence-corrected chi connectivity index (χ0v) is 11.8. The third-order valence-corrected chi connectivity index (χ3v) is 4.60. The van der Waals surface area contributed by atoms with Crippen molar-refractivity contribution in [2.24, 2.45) is 16.3 Å². The minimum Gasteiger partial charge on any atom is -0.409 e. The lowest BCUT2D eigenvalue weighted by Gasteiger charge is -2.46. The molecule has 1 heterocycles. The predicted molar refractivity (Wildman–Crippen MR) is 72.8 cm³/mol. The van der Waals surface area contributed by atoms with Crippen molar-refractivity contribution in [2.75, 3.05) is 33.2 Å². The first-order chi connectivity index (χ1) is 8.37. The number of nitrogens with zero attached hydrogens (tertiary/aromatic N) is 3. The number of nitrogens with two attached hydrogens (primary N) is 1. The summed E-state index contributed by atoms with van der Waals surface area (Å²) in [5.41, 5.74) is 6.17. The Morgan fingerprint density at radius 3 is 2.50 bits per heavy atom. The minimum absolute atomic E-state index is 0.241. The van der Waals surface area contributed by atoms with E-state index in [-0.39, 0.29) is 11.0 Å². The summed E-state index contributed by atoms with van der Waals surface area (Å²) in [6, 6.07) is 0. The Labute approximate surface area is 110 Å². The summed E-state index contributed by atoms with van der Waals surface area (Å²) in [5.74, 6) is 0.376. The molecule has 1 saturated carbocycles. The van der Waals surface area contributed by atoms with Crippen molar-refractivity contribution in [2.45, 2.75) is 38.6 Å². The maximum atomic E-state index is 8.69. The van der Waals surface area contributed by atoms with Gasteiger partial charge in [0.1, 0.15) is 5.84 Å². The molecule has 1 aliphatic carbocycles. The molecule has 0 amide bonds. The van der Waals surface area contributed by atoms with Crippen LogP contribution in [0.3, 0.4) is 0 Å². The summed E-state index contributed by atoms with van der Waals surface area (Å²) in [4.78, 5) is 4.96. The molecule has 0 bridgehead atoms. The van der Waals surface area contributed by atoms with E-state index in [4.69, 9.17) is 10.9 Å². The van der Waals surface area contributed by atoms with Crippen LogP contribution in [0.15, 0.2) is 5.16 Å². The van der Waals surface area contributed by atoms with Crippen molar-refractivity contribution in [3.63, 3.8) is 0 Å². The number of amidine groups is 1. The van der Waals surface area contributed by atoms with Gasteiger partial charge in [-0.2, -0.15) is 0 Å². The van der Waals surface area contributed by atoms with Crippen LogP contribution in [-0.2, 0) is 0 Å². The van der Waals surface area contributed by atoms with Crippen LogP contribution in [0, 0.1) is 5.41 Å². The number of rotatable bonds is 4. The second-order valence-corrected chi connectivity index (χ2v) is 6.71. The highest BCUT2D eigenvalue weighted by Crippen LogP contribution is 2.49. The van der Waals surface area contributed by atoms with Gasteiger partial charge in [0.2, 0.25) is 0 Å². The van der Waals surface area contributed by atoms with E-state index < -0.39 is 0 Å². The molecule has 1 saturated heterocycles. The van der Waals surface area contributed by atoms with E-state index in [0.717, 1.165) is 32.6 Å². The highest BCUT2D eigenvalue weighted by molar-refractivity contribution is 5.80. The van der Waals surface area contributed by atoms with Gasteiger partial charge in [0.25, 0.3) is 0 Å². The van der Waals surface area contributed by atoms with Gasteiger partial charge in [0.05, 0.1) is 0 Å². The van der Waals surface area contributed by atoms with E-state index in [2.05, 4.69) is 35.9 Å². The Morgan fingerprint density at radius 2 is 2.00 bits per heavy atom. The van der Waals surface area contributed by atoms with Crippen molar-refractivity contribution in [3.8, 4) is 0 Å². The molecule has 2 rings (SSSR count). The lowest BCUT2D eigenvalue weighted by atomic mass is 9.96. The third-order valence-electron chi connectivity index (χ3n) is 4.60. The van der Waals surface area contributed by atoms with Gasteiger partial charge in [-0.1, -0.05) is 5.16 Å². The van der Waals surface area contributed by atoms with Crippen molar-refractivity contribution in [1.29, 1.82) is 0 Å². The van der Waals surface area contributed by atoms with Gasteiger partial charge in [-0.05, 0) is 39.2 Å². The molecule has 5 nitrogen and oxygen atoms in total. The standard InChI is InChI=1S/C13H26N4O/c1-12(2)9-17(7-6-16(12)3)10-13(4-5-13)8-11(14)15-18/h18H,4-10H2,1-3H3,(H2,14,15). The normalized spacial score (nSPS) is 28.3. The van der Waals surface area contributed by atoms with Crippen LogP contribution < -0.4 is 5.73 Å². The van der Waals surface area contributed by atoms with Gasteiger partial charge in [0, 0.05) is 38.1 Å². The van der Waals surface area contributed by atoms with E-state index in [1.807, 2.05) is 0 Å². The summed E-state index contributed by atoms with van der Waals surface area (Å²) in [5, 5.41) is 11.8. The molecule has 5 heteroatoms. The fraction of sp³-hybridized carbons (Fsp3) is 0.923. The summed E-state index contributed by atoms with van der Waals surface area (Å²) in [7, 11) is 2.20. The third kappa shape index (κ3) is 2.95. The zero-order valence-electron chi connectivity index (χ0n) is 11.8. The Balaban J connectivity index is 1.91. The van der Waals surface area contributed by atoms with Crippen LogP contribution in [0.4, 0.5) is 0 Å². The maximum Gasteiger partial charge on any atom is 0.139 e. The Kier molecular flexibility index (Phi) is 3.56. The van der Waals surface area contributed by atoms with Crippen molar-refractivity contribution in [3.05, 3.63) is 0 Å². The van der Waals surface area contributed by atoms with Gasteiger partial charge in [-0.25, -0.2) is 0 Å². The number of piperazine rings is 1. The van der Waals surface area contributed by atoms with Crippen molar-refractivity contribution < 1.29 is 5.21 Å². The fourth-order valence-electron chi connectivity index (χ4n) is 2.94. The Hall–Kier alpha value is -0.810. The lowest BCUT2D eigenvalue weighted by molar-refractivity contribution is 0.0301. The zero-order chi connectivity index (χ0) is 13.4. The smallest absolute Gasteiger partial charge is 0.139 e. The monoisotopic (exact) mass is 254 g/mol. The molecule has 2 fully saturated rings. The number of hydrogen-bond acceptors (Lipinski definition) is 4. The molecule has 0 spiro atoms. The second kappa shape index (κ2) is 4.70. The van der Waals surface area contributed by atoms with Crippen LogP contribution in [0.2, 0.25) is 0 Å². The highest BCUT2D eigenvalue weighted by atomic mass is 16.4. The summed E-state index contributed by atoms with van der Waals surface area (Å²) in [6.07, 6.45) is 3.14. The molecule has 0 aromatic carbocycles. The van der Waals surface area contributed by atoms with Gasteiger partial charge in [0.15, 0.2) is 0 Å². The summed E-state index contributed by atoms with van der Waals surface area (Å²) >= 11 is 0. The fourth-order valence-corrected chi connectivity index (χ4v) is 2.94. The van der Waals surface area contributed by atoms with Crippen LogP contribution in [0.1, 0.15) is 33.1 Å². The van der Waals surface area contributed by atoms with E-state index in [0.29, 0.717) is 5.84 Å². The molecule has 0 unspecified atom stereocenters. The van der Waals surface area contributed by atoms with Gasteiger partial charge >= 0.3 is 0 Å². The maximum absolute atomic E-state index is 8.69. The highest BCUT2D eigenvalue weighted by Gasteiger charge is 2.46. The lowest BCUT2D eigenvalue weighted by Crippen LogP contribution is -2.58. The van der Waals surface area contributed by atoms with Crippen molar-refractivity contribution in [1.82, 2.24) is 9.80 Å². The first kappa shape index (κ1) is 13.6. The van der Waals surface area contributed by atoms with E-state index in [1.54, 1.807) is 0 Å². The van der Waals surface area contributed by atoms with Crippen LogP contribution in [0.5, 0.6) is 0 Å². The minimum atomic E-state index is 0.241. The number of likely N-dealkylation sites (N-methyl/N-ethyl adjacent to an activating group) is 1. The number of oxime groups is 1. The van der Waals surface area contributed by atoms with E-state index in [9.17, 15) is 0 Å². The molecule has 104 valence electrons. The molecule has 1 aliphatic heterocycles. The molecule has 3 N–H and O–H groups in total. The molecule has 0 aromatic heterocycles. The first-order valence-electron chi connectivity index (χ1n) is 6.77.